The summed E-state index contributed by atoms with van der Waals surface area (Å²) in [5.41, 5.74) is 5.52. The molecule has 35 heavy (non-hydrogen) atoms. The Morgan fingerprint density at radius 1 is 1.06 bits per heavy atom. The van der Waals surface area contributed by atoms with E-state index in [2.05, 4.69) is 38.4 Å². The van der Waals surface area contributed by atoms with E-state index in [4.69, 9.17) is 32.7 Å². The first-order valence-corrected chi connectivity index (χ1v) is 12.2. The van der Waals surface area contributed by atoms with Crippen molar-refractivity contribution >= 4 is 69.5 Å². The lowest BCUT2D eigenvalue weighted by Crippen LogP contribution is -2.24. The van der Waals surface area contributed by atoms with Crippen LogP contribution in [0.2, 0.25) is 10.0 Å². The Labute approximate surface area is 226 Å². The predicted molar refractivity (Wildman–Crippen MR) is 147 cm³/mol. The second-order valence-electron chi connectivity index (χ2n) is 7.44. The van der Waals surface area contributed by atoms with Crippen LogP contribution in [0.3, 0.4) is 0 Å². The van der Waals surface area contributed by atoms with Crippen LogP contribution >= 0.6 is 45.8 Å². The van der Waals surface area contributed by atoms with Crippen molar-refractivity contribution in [3.63, 3.8) is 0 Å². The molecule has 3 aromatic carbocycles. The SMILES string of the molecule is COc1cc(C=NNC(=O)CC(=O)Nc2ccc(C)cc2)cc(I)c1OCc1ccc(Cl)cc1Cl. The van der Waals surface area contributed by atoms with E-state index in [0.717, 1.165) is 14.7 Å². The molecule has 3 aromatic rings. The number of ether oxygens (including phenoxy) is 2. The van der Waals surface area contributed by atoms with Crippen LogP contribution in [0.5, 0.6) is 11.5 Å². The number of hydrogen-bond acceptors (Lipinski definition) is 5. The van der Waals surface area contributed by atoms with Crippen molar-refractivity contribution in [2.24, 2.45) is 5.10 Å². The minimum Gasteiger partial charge on any atom is -0.493 e. The third-order valence-electron chi connectivity index (χ3n) is 4.70. The maximum atomic E-state index is 12.0. The molecule has 0 spiro atoms. The number of halogens is 3. The van der Waals surface area contributed by atoms with Crippen molar-refractivity contribution in [3.8, 4) is 11.5 Å². The number of methoxy groups -OCH3 is 1. The first-order valence-electron chi connectivity index (χ1n) is 10.4. The second kappa shape index (κ2) is 12.8. The average molecular weight is 626 g/mol. The summed E-state index contributed by atoms with van der Waals surface area (Å²) >= 11 is 14.3. The fourth-order valence-electron chi connectivity index (χ4n) is 2.95. The molecular formula is C25H22Cl2IN3O4. The summed E-state index contributed by atoms with van der Waals surface area (Å²) in [6.45, 7) is 2.18. The van der Waals surface area contributed by atoms with Gasteiger partial charge in [0.15, 0.2) is 11.5 Å². The Bertz CT molecular complexity index is 1250. The van der Waals surface area contributed by atoms with E-state index in [1.54, 1.807) is 36.4 Å². The molecule has 182 valence electrons. The smallest absolute Gasteiger partial charge is 0.249 e. The van der Waals surface area contributed by atoms with Crippen LogP contribution in [-0.4, -0.2) is 25.1 Å². The highest BCUT2D eigenvalue weighted by Gasteiger charge is 2.13. The molecule has 0 heterocycles. The van der Waals surface area contributed by atoms with Crippen LogP contribution in [-0.2, 0) is 16.2 Å². The molecule has 10 heteroatoms. The maximum Gasteiger partial charge on any atom is 0.249 e. The van der Waals surface area contributed by atoms with Crippen LogP contribution in [0, 0.1) is 10.5 Å². The molecule has 0 aliphatic heterocycles. The quantitative estimate of drug-likeness (QED) is 0.133. The number of aryl methyl sites for hydroxylation is 1. The topological polar surface area (TPSA) is 89.0 Å². The van der Waals surface area contributed by atoms with Gasteiger partial charge in [-0.1, -0.05) is 47.0 Å². The third-order valence-corrected chi connectivity index (χ3v) is 6.09. The average Bonchev–Trinajstić information content (AvgIpc) is 2.80. The zero-order valence-electron chi connectivity index (χ0n) is 18.9. The van der Waals surface area contributed by atoms with Crippen molar-refractivity contribution < 1.29 is 19.1 Å². The number of carbonyl (C=O) groups excluding carboxylic acids is 2. The first-order chi connectivity index (χ1) is 16.7. The lowest BCUT2D eigenvalue weighted by atomic mass is 10.2. The lowest BCUT2D eigenvalue weighted by Gasteiger charge is -2.14. The zero-order valence-corrected chi connectivity index (χ0v) is 22.6. The molecule has 2 N–H and O–H groups in total. The molecule has 0 aliphatic rings. The van der Waals surface area contributed by atoms with Gasteiger partial charge >= 0.3 is 0 Å². The number of hydrazone groups is 1. The minimum absolute atomic E-state index is 0.233. The van der Waals surface area contributed by atoms with Gasteiger partial charge in [-0.2, -0.15) is 5.10 Å². The van der Waals surface area contributed by atoms with Gasteiger partial charge in [0.25, 0.3) is 0 Å². The van der Waals surface area contributed by atoms with Gasteiger partial charge in [-0.25, -0.2) is 5.43 Å². The molecule has 0 aliphatic carbocycles. The van der Waals surface area contributed by atoms with E-state index in [1.807, 2.05) is 25.1 Å². The molecule has 0 aromatic heterocycles. The Morgan fingerprint density at radius 2 is 1.80 bits per heavy atom. The predicted octanol–water partition coefficient (Wildman–Crippen LogP) is 5.97. The van der Waals surface area contributed by atoms with Gasteiger partial charge in [0.2, 0.25) is 11.8 Å². The number of rotatable bonds is 9. The Balaban J connectivity index is 1.57. The molecule has 3 rings (SSSR count). The van der Waals surface area contributed by atoms with Crippen molar-refractivity contribution in [2.45, 2.75) is 20.0 Å². The van der Waals surface area contributed by atoms with Gasteiger partial charge in [-0.3, -0.25) is 9.59 Å². The van der Waals surface area contributed by atoms with Gasteiger partial charge in [-0.05, 0) is 71.5 Å². The second-order valence-corrected chi connectivity index (χ2v) is 9.45. The molecular weight excluding hydrogens is 604 g/mol. The number of hydrogen-bond donors (Lipinski definition) is 2. The number of nitrogens with one attached hydrogen (secondary N) is 2. The summed E-state index contributed by atoms with van der Waals surface area (Å²) in [6, 6.07) is 16.0. The van der Waals surface area contributed by atoms with Gasteiger partial charge in [0.05, 0.1) is 16.9 Å². The largest absolute Gasteiger partial charge is 0.493 e. The van der Waals surface area contributed by atoms with Crippen LogP contribution in [0.15, 0.2) is 59.7 Å². The Kier molecular flexibility index (Phi) is 9.76. The molecule has 0 atom stereocenters. The molecule has 0 saturated heterocycles. The highest BCUT2D eigenvalue weighted by molar-refractivity contribution is 14.1. The van der Waals surface area contributed by atoms with Crippen LogP contribution < -0.4 is 20.2 Å². The summed E-state index contributed by atoms with van der Waals surface area (Å²) in [5, 5.41) is 7.67. The van der Waals surface area contributed by atoms with Crippen molar-refractivity contribution in [3.05, 3.63) is 84.9 Å². The fourth-order valence-corrected chi connectivity index (χ4v) is 4.19. The van der Waals surface area contributed by atoms with Crippen LogP contribution in [0.1, 0.15) is 23.1 Å². The van der Waals surface area contributed by atoms with Crippen LogP contribution in [0.4, 0.5) is 5.69 Å². The summed E-state index contributed by atoms with van der Waals surface area (Å²) < 4.78 is 12.2. The van der Waals surface area contributed by atoms with E-state index in [1.165, 1.54) is 13.3 Å². The number of amides is 2. The third kappa shape index (κ3) is 8.12. The molecule has 0 fully saturated rings. The van der Waals surface area contributed by atoms with Crippen LogP contribution in [0.25, 0.3) is 0 Å². The van der Waals surface area contributed by atoms with E-state index in [9.17, 15) is 9.59 Å². The van der Waals surface area contributed by atoms with Gasteiger partial charge < -0.3 is 14.8 Å². The van der Waals surface area contributed by atoms with Crippen molar-refractivity contribution in [1.29, 1.82) is 0 Å². The van der Waals surface area contributed by atoms with Crippen molar-refractivity contribution in [1.82, 2.24) is 5.43 Å². The zero-order chi connectivity index (χ0) is 25.4. The van der Waals surface area contributed by atoms with E-state index in [-0.39, 0.29) is 13.0 Å². The van der Waals surface area contributed by atoms with E-state index in [0.29, 0.717) is 32.8 Å². The molecule has 2 amide bonds. The maximum absolute atomic E-state index is 12.0. The standard InChI is InChI=1S/C25H22Cl2IN3O4/c1-15-3-7-19(8-4-15)30-23(32)12-24(33)31-29-13-16-9-21(28)25(22(10-16)34-2)35-14-17-5-6-18(26)11-20(17)27/h3-11,13H,12,14H2,1-2H3,(H,30,32)(H,31,33). The van der Waals surface area contributed by atoms with Gasteiger partial charge in [0.1, 0.15) is 13.0 Å². The van der Waals surface area contributed by atoms with Crippen molar-refractivity contribution in [2.75, 3.05) is 12.4 Å². The molecule has 0 bridgehead atoms. The van der Waals surface area contributed by atoms with E-state index < -0.39 is 11.8 Å². The highest BCUT2D eigenvalue weighted by Crippen LogP contribution is 2.34. The monoisotopic (exact) mass is 625 g/mol. The number of nitrogens with zero attached hydrogens (tertiary/aromatic N) is 1. The lowest BCUT2D eigenvalue weighted by molar-refractivity contribution is -0.126. The number of benzene rings is 3. The normalized spacial score (nSPS) is 10.8. The number of anilines is 1. The summed E-state index contributed by atoms with van der Waals surface area (Å²) in [5.74, 6) is 0.0766. The Morgan fingerprint density at radius 3 is 2.49 bits per heavy atom. The summed E-state index contributed by atoms with van der Waals surface area (Å²) in [6.07, 6.45) is 1.10. The molecule has 0 radical (unpaired) electrons. The Hall–Kier alpha value is -2.82. The van der Waals surface area contributed by atoms with E-state index >= 15 is 0 Å². The first kappa shape index (κ1) is 26.8. The molecule has 0 unspecified atom stereocenters. The molecule has 7 nitrogen and oxygen atoms in total. The summed E-state index contributed by atoms with van der Waals surface area (Å²) in [4.78, 5) is 24.1. The van der Waals surface area contributed by atoms with Gasteiger partial charge in [0, 0.05) is 21.3 Å². The summed E-state index contributed by atoms with van der Waals surface area (Å²) in [7, 11) is 1.53. The minimum atomic E-state index is -0.535. The van der Waals surface area contributed by atoms with Gasteiger partial charge in [-0.15, -0.1) is 0 Å². The molecule has 0 saturated carbocycles. The number of carbonyl (C=O) groups is 2. The fraction of sp³-hybridized carbons (Fsp3) is 0.160. The highest BCUT2D eigenvalue weighted by atomic mass is 127.